The van der Waals surface area contributed by atoms with Crippen LogP contribution in [0.2, 0.25) is 0 Å². The van der Waals surface area contributed by atoms with Gasteiger partial charge in [-0.3, -0.25) is 0 Å². The third-order valence-electron chi connectivity index (χ3n) is 3.41. The fourth-order valence-electron chi connectivity index (χ4n) is 2.14. The van der Waals surface area contributed by atoms with Crippen molar-refractivity contribution >= 4 is 10.0 Å². The molecule has 0 saturated carbocycles. The standard InChI is InChI=1S/C16H17F2NO2S/c1-10-4-5-11(2)16(8-10)22(20,21)19-12(3)13-6-7-14(17)15(18)9-13/h4-9,12,19H,1-3H3/t12-/m0/s1. The topological polar surface area (TPSA) is 46.2 Å². The first-order valence-corrected chi connectivity index (χ1v) is 8.23. The molecule has 0 aliphatic carbocycles. The molecule has 0 amide bonds. The van der Waals surface area contributed by atoms with E-state index < -0.39 is 27.7 Å². The van der Waals surface area contributed by atoms with Crippen molar-refractivity contribution in [2.24, 2.45) is 0 Å². The van der Waals surface area contributed by atoms with Crippen molar-refractivity contribution in [2.45, 2.75) is 31.7 Å². The summed E-state index contributed by atoms with van der Waals surface area (Å²) in [5, 5.41) is 0. The third-order valence-corrected chi connectivity index (χ3v) is 5.09. The molecule has 1 N–H and O–H groups in total. The number of nitrogens with one attached hydrogen (secondary N) is 1. The monoisotopic (exact) mass is 325 g/mol. The Labute approximate surface area is 129 Å². The van der Waals surface area contributed by atoms with Gasteiger partial charge in [0.05, 0.1) is 4.90 Å². The second-order valence-electron chi connectivity index (χ2n) is 5.29. The predicted octanol–water partition coefficient (Wildman–Crippen LogP) is 3.62. The summed E-state index contributed by atoms with van der Waals surface area (Å²) in [6, 6.07) is 7.78. The molecule has 0 fully saturated rings. The van der Waals surface area contributed by atoms with Crippen molar-refractivity contribution in [3.63, 3.8) is 0 Å². The Kier molecular flexibility index (Phi) is 4.63. The highest BCUT2D eigenvalue weighted by atomic mass is 32.2. The number of aryl methyl sites for hydroxylation is 2. The van der Waals surface area contributed by atoms with Crippen molar-refractivity contribution in [1.82, 2.24) is 4.72 Å². The zero-order valence-electron chi connectivity index (χ0n) is 12.5. The summed E-state index contributed by atoms with van der Waals surface area (Å²) in [4.78, 5) is 0.182. The summed E-state index contributed by atoms with van der Waals surface area (Å²) in [7, 11) is -3.75. The maximum Gasteiger partial charge on any atom is 0.241 e. The fourth-order valence-corrected chi connectivity index (χ4v) is 3.70. The minimum atomic E-state index is -3.75. The second-order valence-corrected chi connectivity index (χ2v) is 6.97. The van der Waals surface area contributed by atoms with E-state index in [1.54, 1.807) is 32.9 Å². The van der Waals surface area contributed by atoms with E-state index in [1.165, 1.54) is 6.07 Å². The molecule has 0 heterocycles. The maximum absolute atomic E-state index is 13.3. The van der Waals surface area contributed by atoms with Gasteiger partial charge in [0.25, 0.3) is 0 Å². The van der Waals surface area contributed by atoms with Crippen molar-refractivity contribution in [2.75, 3.05) is 0 Å². The molecule has 6 heteroatoms. The molecular formula is C16H17F2NO2S. The molecule has 2 aromatic rings. The Bertz CT molecular complexity index is 804. The van der Waals surface area contributed by atoms with E-state index in [0.717, 1.165) is 17.7 Å². The van der Waals surface area contributed by atoms with Gasteiger partial charge in [0.2, 0.25) is 10.0 Å². The van der Waals surface area contributed by atoms with Crippen LogP contribution in [0.5, 0.6) is 0 Å². The lowest BCUT2D eigenvalue weighted by molar-refractivity contribution is 0.504. The molecule has 2 aromatic carbocycles. The molecule has 118 valence electrons. The van der Waals surface area contributed by atoms with Crippen molar-refractivity contribution in [3.8, 4) is 0 Å². The summed E-state index contributed by atoms with van der Waals surface area (Å²) in [6.07, 6.45) is 0. The number of benzene rings is 2. The quantitative estimate of drug-likeness (QED) is 0.933. The fraction of sp³-hybridized carbons (Fsp3) is 0.250. The van der Waals surface area contributed by atoms with Gasteiger partial charge in [-0.1, -0.05) is 18.2 Å². The first-order valence-electron chi connectivity index (χ1n) is 6.75. The van der Waals surface area contributed by atoms with Crippen LogP contribution in [0.1, 0.15) is 29.7 Å². The van der Waals surface area contributed by atoms with Gasteiger partial charge in [0, 0.05) is 6.04 Å². The summed E-state index contributed by atoms with van der Waals surface area (Å²) < 4.78 is 53.6. The van der Waals surface area contributed by atoms with Gasteiger partial charge in [-0.25, -0.2) is 21.9 Å². The first-order chi connectivity index (χ1) is 10.2. The third kappa shape index (κ3) is 3.51. The lowest BCUT2D eigenvalue weighted by atomic mass is 10.1. The highest BCUT2D eigenvalue weighted by molar-refractivity contribution is 7.89. The SMILES string of the molecule is Cc1ccc(C)c(S(=O)(=O)N[C@@H](C)c2ccc(F)c(F)c2)c1. The minimum Gasteiger partial charge on any atom is -0.207 e. The number of rotatable bonds is 4. The van der Waals surface area contributed by atoms with Gasteiger partial charge < -0.3 is 0 Å². The largest absolute Gasteiger partial charge is 0.241 e. The van der Waals surface area contributed by atoms with Gasteiger partial charge in [-0.2, -0.15) is 0 Å². The Hall–Kier alpha value is -1.79. The predicted molar refractivity (Wildman–Crippen MR) is 81.0 cm³/mol. The maximum atomic E-state index is 13.3. The van der Waals surface area contributed by atoms with Crippen molar-refractivity contribution in [3.05, 3.63) is 64.7 Å². The number of hydrogen-bond acceptors (Lipinski definition) is 2. The minimum absolute atomic E-state index is 0.182. The number of halogens is 2. The molecule has 0 aliphatic heterocycles. The Morgan fingerprint density at radius 3 is 2.32 bits per heavy atom. The molecule has 0 radical (unpaired) electrons. The zero-order chi connectivity index (χ0) is 16.5. The van der Waals surface area contributed by atoms with Crippen LogP contribution in [-0.4, -0.2) is 8.42 Å². The Balaban J connectivity index is 2.31. The summed E-state index contributed by atoms with van der Waals surface area (Å²) in [6.45, 7) is 5.09. The molecule has 0 aliphatic rings. The summed E-state index contributed by atoms with van der Waals surface area (Å²) in [5.74, 6) is -1.97. The van der Waals surface area contributed by atoms with Gasteiger partial charge in [0.15, 0.2) is 11.6 Å². The Morgan fingerprint density at radius 2 is 1.68 bits per heavy atom. The van der Waals surface area contributed by atoms with E-state index in [4.69, 9.17) is 0 Å². The summed E-state index contributed by atoms with van der Waals surface area (Å²) >= 11 is 0. The molecule has 1 atom stereocenters. The van der Waals surface area contributed by atoms with Gasteiger partial charge in [-0.15, -0.1) is 0 Å². The van der Waals surface area contributed by atoms with E-state index in [9.17, 15) is 17.2 Å². The molecule has 3 nitrogen and oxygen atoms in total. The smallest absolute Gasteiger partial charge is 0.207 e. The van der Waals surface area contributed by atoms with Gasteiger partial charge in [-0.05, 0) is 55.7 Å². The van der Waals surface area contributed by atoms with Crippen LogP contribution in [0.4, 0.5) is 8.78 Å². The van der Waals surface area contributed by atoms with E-state index in [2.05, 4.69) is 4.72 Å². The number of hydrogen-bond donors (Lipinski definition) is 1. The van der Waals surface area contributed by atoms with Crippen molar-refractivity contribution < 1.29 is 17.2 Å². The average Bonchev–Trinajstić information content (AvgIpc) is 2.43. The Morgan fingerprint density at radius 1 is 1.00 bits per heavy atom. The van der Waals surface area contributed by atoms with Gasteiger partial charge >= 0.3 is 0 Å². The van der Waals surface area contributed by atoms with E-state index in [0.29, 0.717) is 11.1 Å². The van der Waals surface area contributed by atoms with Crippen LogP contribution in [0.25, 0.3) is 0 Å². The number of sulfonamides is 1. The lowest BCUT2D eigenvalue weighted by Crippen LogP contribution is -2.27. The van der Waals surface area contributed by atoms with Gasteiger partial charge in [0.1, 0.15) is 0 Å². The van der Waals surface area contributed by atoms with Crippen LogP contribution in [0.3, 0.4) is 0 Å². The molecule has 22 heavy (non-hydrogen) atoms. The van der Waals surface area contributed by atoms with Crippen LogP contribution in [0, 0.1) is 25.5 Å². The molecule has 0 bridgehead atoms. The molecule has 0 aromatic heterocycles. The average molecular weight is 325 g/mol. The van der Waals surface area contributed by atoms with Crippen LogP contribution in [0.15, 0.2) is 41.3 Å². The van der Waals surface area contributed by atoms with Crippen LogP contribution < -0.4 is 4.72 Å². The second kappa shape index (κ2) is 6.14. The normalized spacial score (nSPS) is 13.1. The van der Waals surface area contributed by atoms with Crippen LogP contribution in [-0.2, 0) is 10.0 Å². The first kappa shape index (κ1) is 16.6. The zero-order valence-corrected chi connectivity index (χ0v) is 13.3. The van der Waals surface area contributed by atoms with E-state index in [-0.39, 0.29) is 4.90 Å². The highest BCUT2D eigenvalue weighted by Gasteiger charge is 2.21. The molecule has 0 unspecified atom stereocenters. The summed E-state index contributed by atoms with van der Waals surface area (Å²) in [5.41, 5.74) is 1.80. The molecule has 0 spiro atoms. The van der Waals surface area contributed by atoms with Crippen molar-refractivity contribution in [1.29, 1.82) is 0 Å². The molecule has 0 saturated heterocycles. The highest BCUT2D eigenvalue weighted by Crippen LogP contribution is 2.21. The molecule has 2 rings (SSSR count). The lowest BCUT2D eigenvalue weighted by Gasteiger charge is -2.16. The van der Waals surface area contributed by atoms with E-state index >= 15 is 0 Å². The molecular weight excluding hydrogens is 308 g/mol. The van der Waals surface area contributed by atoms with E-state index in [1.807, 2.05) is 6.07 Å². The van der Waals surface area contributed by atoms with Crippen LogP contribution >= 0.6 is 0 Å².